The van der Waals surface area contributed by atoms with Crippen molar-refractivity contribution in [1.82, 2.24) is 10.2 Å². The lowest BCUT2D eigenvalue weighted by atomic mass is 9.97. The van der Waals surface area contributed by atoms with Gasteiger partial charge in [0.05, 0.1) is 7.11 Å². The highest BCUT2D eigenvalue weighted by atomic mass is 16.5. The van der Waals surface area contributed by atoms with Crippen LogP contribution in [0.5, 0.6) is 5.75 Å². The van der Waals surface area contributed by atoms with Crippen LogP contribution in [0.1, 0.15) is 25.3 Å². The second-order valence-corrected chi connectivity index (χ2v) is 5.37. The Bertz CT molecular complexity index is 358. The third kappa shape index (κ3) is 4.51. The van der Waals surface area contributed by atoms with Crippen LogP contribution in [-0.4, -0.2) is 38.2 Å². The fraction of sp³-hybridized carbons (Fsp3) is 0.625. The predicted molar refractivity (Wildman–Crippen MR) is 79.5 cm³/mol. The number of hydrogen-bond donors (Lipinski definition) is 1. The van der Waals surface area contributed by atoms with Gasteiger partial charge in [-0.15, -0.1) is 0 Å². The molecule has 1 fully saturated rings. The normalized spacial score (nSPS) is 16.8. The molecule has 0 unspecified atom stereocenters. The van der Waals surface area contributed by atoms with E-state index in [1.165, 1.54) is 38.0 Å². The molecule has 1 aliphatic rings. The fourth-order valence-electron chi connectivity index (χ4n) is 2.72. The molecule has 0 aromatic heterocycles. The monoisotopic (exact) mass is 262 g/mol. The van der Waals surface area contributed by atoms with Crippen LogP contribution in [0.15, 0.2) is 24.3 Å². The minimum atomic E-state index is 0.861. The van der Waals surface area contributed by atoms with Crippen molar-refractivity contribution in [3.8, 4) is 5.75 Å². The topological polar surface area (TPSA) is 24.5 Å². The van der Waals surface area contributed by atoms with Crippen LogP contribution >= 0.6 is 0 Å². The maximum Gasteiger partial charge on any atom is 0.118 e. The smallest absolute Gasteiger partial charge is 0.118 e. The van der Waals surface area contributed by atoms with E-state index in [0.29, 0.717) is 0 Å². The summed E-state index contributed by atoms with van der Waals surface area (Å²) in [7, 11) is 1.71. The molecule has 1 aromatic rings. The highest BCUT2D eigenvalue weighted by Crippen LogP contribution is 2.17. The molecule has 0 radical (unpaired) electrons. The first-order valence-corrected chi connectivity index (χ1v) is 7.37. The minimum absolute atomic E-state index is 0.861. The first kappa shape index (κ1) is 14.4. The van der Waals surface area contributed by atoms with E-state index in [1.807, 2.05) is 12.1 Å². The molecule has 1 N–H and O–H groups in total. The summed E-state index contributed by atoms with van der Waals surface area (Å²) in [6.45, 7) is 8.02. The summed E-state index contributed by atoms with van der Waals surface area (Å²) in [5, 5.41) is 3.44. The van der Waals surface area contributed by atoms with Crippen LogP contribution in [0.4, 0.5) is 0 Å². The molecule has 0 saturated carbocycles. The lowest BCUT2D eigenvalue weighted by Gasteiger charge is -2.29. The van der Waals surface area contributed by atoms with Gasteiger partial charge in [0.1, 0.15) is 5.75 Å². The van der Waals surface area contributed by atoms with Gasteiger partial charge < -0.3 is 10.1 Å². The summed E-state index contributed by atoms with van der Waals surface area (Å²) in [5.41, 5.74) is 1.37. The summed E-state index contributed by atoms with van der Waals surface area (Å²) in [6.07, 6.45) is 2.64. The van der Waals surface area contributed by atoms with Crippen molar-refractivity contribution in [2.24, 2.45) is 5.92 Å². The van der Waals surface area contributed by atoms with E-state index in [-0.39, 0.29) is 0 Å². The number of hydrogen-bond acceptors (Lipinski definition) is 3. The van der Waals surface area contributed by atoms with E-state index in [9.17, 15) is 0 Å². The number of nitrogens with one attached hydrogen (secondary N) is 1. The molecule has 19 heavy (non-hydrogen) atoms. The molecule has 0 amide bonds. The van der Waals surface area contributed by atoms with Gasteiger partial charge in [-0.25, -0.2) is 0 Å². The molecular weight excluding hydrogens is 236 g/mol. The second kappa shape index (κ2) is 7.51. The third-order valence-corrected chi connectivity index (χ3v) is 3.99. The van der Waals surface area contributed by atoms with Crippen LogP contribution in [0, 0.1) is 5.92 Å². The molecule has 1 aliphatic heterocycles. The van der Waals surface area contributed by atoms with Crippen LogP contribution < -0.4 is 10.1 Å². The number of ether oxygens (including phenoxy) is 1. The van der Waals surface area contributed by atoms with Gasteiger partial charge in [-0.05, 0) is 56.1 Å². The Kier molecular flexibility index (Phi) is 5.67. The van der Waals surface area contributed by atoms with Crippen molar-refractivity contribution in [2.45, 2.75) is 26.3 Å². The zero-order valence-corrected chi connectivity index (χ0v) is 12.2. The summed E-state index contributed by atoms with van der Waals surface area (Å²) < 4.78 is 5.20. The SMILES string of the molecule is CCN(Cc1ccc(OC)cc1)CC1CCNCC1. The Morgan fingerprint density at radius 1 is 1.21 bits per heavy atom. The molecule has 1 aromatic carbocycles. The van der Waals surface area contributed by atoms with Crippen molar-refractivity contribution >= 4 is 0 Å². The van der Waals surface area contributed by atoms with Gasteiger partial charge in [0.2, 0.25) is 0 Å². The van der Waals surface area contributed by atoms with Gasteiger partial charge in [0, 0.05) is 13.1 Å². The zero-order chi connectivity index (χ0) is 13.5. The van der Waals surface area contributed by atoms with Crippen LogP contribution in [0.25, 0.3) is 0 Å². The number of rotatable bonds is 6. The third-order valence-electron chi connectivity index (χ3n) is 3.99. The average Bonchev–Trinajstić information content (AvgIpc) is 2.48. The maximum atomic E-state index is 5.20. The number of benzene rings is 1. The van der Waals surface area contributed by atoms with Crippen LogP contribution in [0.2, 0.25) is 0 Å². The molecule has 0 bridgehead atoms. The van der Waals surface area contributed by atoms with E-state index in [4.69, 9.17) is 4.74 Å². The average molecular weight is 262 g/mol. The molecule has 3 heteroatoms. The Labute approximate surface area is 116 Å². The van der Waals surface area contributed by atoms with E-state index in [1.54, 1.807) is 7.11 Å². The quantitative estimate of drug-likeness (QED) is 0.852. The van der Waals surface area contributed by atoms with E-state index >= 15 is 0 Å². The maximum absolute atomic E-state index is 5.20. The van der Waals surface area contributed by atoms with E-state index < -0.39 is 0 Å². The number of nitrogens with zero attached hydrogens (tertiary/aromatic N) is 1. The Hall–Kier alpha value is -1.06. The van der Waals surface area contributed by atoms with Crippen molar-refractivity contribution in [3.05, 3.63) is 29.8 Å². The zero-order valence-electron chi connectivity index (χ0n) is 12.2. The van der Waals surface area contributed by atoms with E-state index in [0.717, 1.165) is 24.8 Å². The lowest BCUT2D eigenvalue weighted by molar-refractivity contribution is 0.207. The van der Waals surface area contributed by atoms with Gasteiger partial charge in [-0.2, -0.15) is 0 Å². The largest absolute Gasteiger partial charge is 0.497 e. The van der Waals surface area contributed by atoms with Gasteiger partial charge in [-0.3, -0.25) is 4.90 Å². The van der Waals surface area contributed by atoms with Crippen molar-refractivity contribution in [3.63, 3.8) is 0 Å². The Balaban J connectivity index is 1.86. The molecule has 0 aliphatic carbocycles. The van der Waals surface area contributed by atoms with Crippen molar-refractivity contribution in [2.75, 3.05) is 33.3 Å². The van der Waals surface area contributed by atoms with Crippen molar-refractivity contribution < 1.29 is 4.74 Å². The molecule has 3 nitrogen and oxygen atoms in total. The first-order valence-electron chi connectivity index (χ1n) is 7.37. The minimum Gasteiger partial charge on any atom is -0.497 e. The second-order valence-electron chi connectivity index (χ2n) is 5.37. The summed E-state index contributed by atoms with van der Waals surface area (Å²) in [5.74, 6) is 1.80. The van der Waals surface area contributed by atoms with Gasteiger partial charge in [-0.1, -0.05) is 19.1 Å². The standard InChI is InChI=1S/C16H26N2O/c1-3-18(13-15-8-10-17-11-9-15)12-14-4-6-16(19-2)7-5-14/h4-7,15,17H,3,8-13H2,1-2H3. The molecule has 1 saturated heterocycles. The molecule has 0 atom stereocenters. The Morgan fingerprint density at radius 3 is 2.47 bits per heavy atom. The van der Waals surface area contributed by atoms with Gasteiger partial charge >= 0.3 is 0 Å². The molecule has 0 spiro atoms. The van der Waals surface area contributed by atoms with E-state index in [2.05, 4.69) is 29.3 Å². The summed E-state index contributed by atoms with van der Waals surface area (Å²) >= 11 is 0. The van der Waals surface area contributed by atoms with Crippen molar-refractivity contribution in [1.29, 1.82) is 0 Å². The molecule has 106 valence electrons. The molecular formula is C16H26N2O. The highest BCUT2D eigenvalue weighted by Gasteiger charge is 2.16. The molecule has 1 heterocycles. The summed E-state index contributed by atoms with van der Waals surface area (Å²) in [6, 6.07) is 8.44. The first-order chi connectivity index (χ1) is 9.31. The fourth-order valence-corrected chi connectivity index (χ4v) is 2.72. The predicted octanol–water partition coefficient (Wildman–Crippen LogP) is 2.52. The number of piperidine rings is 1. The van der Waals surface area contributed by atoms with Crippen LogP contribution in [-0.2, 0) is 6.54 Å². The number of methoxy groups -OCH3 is 1. The molecule has 2 rings (SSSR count). The van der Waals surface area contributed by atoms with Crippen LogP contribution in [0.3, 0.4) is 0 Å². The van der Waals surface area contributed by atoms with Gasteiger partial charge in [0.15, 0.2) is 0 Å². The lowest BCUT2D eigenvalue weighted by Crippen LogP contribution is -2.35. The highest BCUT2D eigenvalue weighted by molar-refractivity contribution is 5.27. The summed E-state index contributed by atoms with van der Waals surface area (Å²) in [4.78, 5) is 2.55. The Morgan fingerprint density at radius 2 is 1.89 bits per heavy atom. The van der Waals surface area contributed by atoms with Gasteiger partial charge in [0.25, 0.3) is 0 Å².